The molecule has 0 fully saturated rings. The zero-order chi connectivity index (χ0) is 22.3. The number of anilines is 1. The number of hydrogen-bond acceptors (Lipinski definition) is 4. The highest BCUT2D eigenvalue weighted by atomic mass is 32.1. The minimum atomic E-state index is -0.225. The third-order valence-corrected chi connectivity index (χ3v) is 7.60. The molecule has 0 aliphatic heterocycles. The van der Waals surface area contributed by atoms with Crippen molar-refractivity contribution >= 4 is 33.1 Å². The summed E-state index contributed by atoms with van der Waals surface area (Å²) in [5.74, 6) is 0.830. The highest BCUT2D eigenvalue weighted by Gasteiger charge is 2.31. The van der Waals surface area contributed by atoms with Crippen LogP contribution in [0.15, 0.2) is 35.4 Å². The van der Waals surface area contributed by atoms with Crippen LogP contribution in [-0.4, -0.2) is 15.5 Å². The first-order chi connectivity index (χ1) is 14.6. The second-order valence-corrected chi connectivity index (χ2v) is 11.1. The highest BCUT2D eigenvalue weighted by molar-refractivity contribution is 7.18. The molecule has 0 spiro atoms. The van der Waals surface area contributed by atoms with Crippen LogP contribution in [0.2, 0.25) is 0 Å². The Morgan fingerprint density at radius 2 is 1.97 bits per heavy atom. The quantitative estimate of drug-likeness (QED) is 0.597. The molecule has 1 unspecified atom stereocenters. The van der Waals surface area contributed by atoms with Crippen molar-refractivity contribution in [2.45, 2.75) is 66.3 Å². The smallest absolute Gasteiger partial charge is 0.262 e. The van der Waals surface area contributed by atoms with Crippen molar-refractivity contribution in [2.24, 2.45) is 11.3 Å². The third kappa shape index (κ3) is 4.45. The van der Waals surface area contributed by atoms with Crippen molar-refractivity contribution in [1.82, 2.24) is 9.55 Å². The van der Waals surface area contributed by atoms with E-state index in [0.29, 0.717) is 17.2 Å². The standard InChI is InChI=1S/C25H31N3O2S/c1-15(2)16-6-9-18(10-7-16)27-21(29)13-28-14-26-23-22(24(28)30)19-11-8-17(25(3,4)5)12-20(19)31-23/h6-7,9-10,14-15,17H,8,11-13H2,1-5H3,(H,27,29). The van der Waals surface area contributed by atoms with Crippen LogP contribution in [0.5, 0.6) is 0 Å². The number of hydrogen-bond donors (Lipinski definition) is 1. The molecule has 3 aromatic rings. The van der Waals surface area contributed by atoms with E-state index in [2.05, 4.69) is 44.9 Å². The number of nitrogens with one attached hydrogen (secondary N) is 1. The number of aromatic nitrogens is 2. The molecule has 0 saturated carbocycles. The van der Waals surface area contributed by atoms with E-state index in [1.165, 1.54) is 21.3 Å². The summed E-state index contributed by atoms with van der Waals surface area (Å²) in [5.41, 5.74) is 3.25. The fraction of sp³-hybridized carbons (Fsp3) is 0.480. The number of nitrogens with zero attached hydrogens (tertiary/aromatic N) is 2. The Morgan fingerprint density at radius 1 is 1.26 bits per heavy atom. The minimum absolute atomic E-state index is 0.0387. The van der Waals surface area contributed by atoms with Crippen LogP contribution in [0.1, 0.15) is 63.0 Å². The first kappa shape index (κ1) is 21.8. The molecule has 4 rings (SSSR count). The van der Waals surface area contributed by atoms with Crippen LogP contribution in [0.4, 0.5) is 5.69 Å². The molecule has 1 atom stereocenters. The third-order valence-electron chi connectivity index (χ3n) is 6.44. The molecule has 5 nitrogen and oxygen atoms in total. The van der Waals surface area contributed by atoms with Crippen molar-refractivity contribution in [1.29, 1.82) is 0 Å². The Hall–Kier alpha value is -2.47. The molecule has 6 heteroatoms. The Morgan fingerprint density at radius 3 is 2.61 bits per heavy atom. The molecule has 1 aliphatic carbocycles. The number of fused-ring (bicyclic) bond motifs is 3. The molecule has 1 aromatic carbocycles. The predicted octanol–water partition coefficient (Wildman–Crippen LogP) is 5.37. The summed E-state index contributed by atoms with van der Waals surface area (Å²) in [6, 6.07) is 7.84. The van der Waals surface area contributed by atoms with E-state index in [1.54, 1.807) is 11.3 Å². The lowest BCUT2D eigenvalue weighted by Gasteiger charge is -2.33. The topological polar surface area (TPSA) is 64.0 Å². The van der Waals surface area contributed by atoms with Crippen molar-refractivity contribution < 1.29 is 4.79 Å². The van der Waals surface area contributed by atoms with Crippen LogP contribution in [-0.2, 0) is 24.2 Å². The van der Waals surface area contributed by atoms with Crippen molar-refractivity contribution in [3.63, 3.8) is 0 Å². The van der Waals surface area contributed by atoms with Gasteiger partial charge in [-0.05, 0) is 59.8 Å². The molecule has 31 heavy (non-hydrogen) atoms. The van der Waals surface area contributed by atoms with E-state index in [9.17, 15) is 9.59 Å². The Kier molecular flexibility index (Phi) is 5.77. The van der Waals surface area contributed by atoms with Crippen LogP contribution in [0, 0.1) is 11.3 Å². The SMILES string of the molecule is CC(C)c1ccc(NC(=O)Cn2cnc3sc4c(c3c2=O)CCC(C(C)(C)C)C4)cc1. The van der Waals surface area contributed by atoms with Crippen LogP contribution >= 0.6 is 11.3 Å². The molecule has 164 valence electrons. The van der Waals surface area contributed by atoms with Gasteiger partial charge in [0.15, 0.2) is 0 Å². The first-order valence-corrected chi connectivity index (χ1v) is 11.8. The van der Waals surface area contributed by atoms with Crippen molar-refractivity contribution in [3.8, 4) is 0 Å². The lowest BCUT2D eigenvalue weighted by atomic mass is 9.72. The van der Waals surface area contributed by atoms with E-state index in [1.807, 2.05) is 24.3 Å². The maximum absolute atomic E-state index is 13.2. The Bertz CT molecular complexity index is 1170. The van der Waals surface area contributed by atoms with Crippen LogP contribution in [0.3, 0.4) is 0 Å². The number of amides is 1. The Labute approximate surface area is 187 Å². The maximum atomic E-state index is 13.2. The van der Waals surface area contributed by atoms with E-state index < -0.39 is 0 Å². The van der Waals surface area contributed by atoms with Crippen molar-refractivity contribution in [2.75, 3.05) is 5.32 Å². The summed E-state index contributed by atoms with van der Waals surface area (Å²) in [6.45, 7) is 11.1. The van der Waals surface area contributed by atoms with Gasteiger partial charge in [0.25, 0.3) is 5.56 Å². The summed E-state index contributed by atoms with van der Waals surface area (Å²) in [7, 11) is 0. The molecule has 0 bridgehead atoms. The highest BCUT2D eigenvalue weighted by Crippen LogP contribution is 2.41. The predicted molar refractivity (Wildman–Crippen MR) is 128 cm³/mol. The van der Waals surface area contributed by atoms with Gasteiger partial charge in [-0.25, -0.2) is 4.98 Å². The van der Waals surface area contributed by atoms with Crippen molar-refractivity contribution in [3.05, 3.63) is 57.0 Å². The summed E-state index contributed by atoms with van der Waals surface area (Å²) in [4.78, 5) is 32.4. The van der Waals surface area contributed by atoms with Gasteiger partial charge in [0.1, 0.15) is 11.4 Å². The van der Waals surface area contributed by atoms with Crippen LogP contribution < -0.4 is 10.9 Å². The molecule has 1 N–H and O–H groups in total. The summed E-state index contributed by atoms with van der Waals surface area (Å²) in [5, 5.41) is 3.60. The minimum Gasteiger partial charge on any atom is -0.325 e. The molecule has 2 heterocycles. The zero-order valence-corrected chi connectivity index (χ0v) is 19.8. The molecule has 0 radical (unpaired) electrons. The fourth-order valence-electron chi connectivity index (χ4n) is 4.36. The van der Waals surface area contributed by atoms with Gasteiger partial charge < -0.3 is 5.32 Å². The fourth-order valence-corrected chi connectivity index (χ4v) is 5.62. The second-order valence-electron chi connectivity index (χ2n) is 9.99. The molecular formula is C25H31N3O2S. The first-order valence-electron chi connectivity index (χ1n) is 11.0. The average molecular weight is 438 g/mol. The largest absolute Gasteiger partial charge is 0.325 e. The number of rotatable bonds is 4. The molecule has 1 amide bonds. The molecule has 0 saturated heterocycles. The Balaban J connectivity index is 1.54. The van der Waals surface area contributed by atoms with Gasteiger partial charge in [0.2, 0.25) is 5.91 Å². The number of carbonyl (C=O) groups excluding carboxylic acids is 1. The number of aryl methyl sites for hydroxylation is 1. The summed E-state index contributed by atoms with van der Waals surface area (Å²) >= 11 is 1.64. The molecular weight excluding hydrogens is 406 g/mol. The van der Waals surface area contributed by atoms with Gasteiger partial charge >= 0.3 is 0 Å². The zero-order valence-electron chi connectivity index (χ0n) is 19.0. The van der Waals surface area contributed by atoms with Gasteiger partial charge in [-0.1, -0.05) is 46.8 Å². The molecule has 2 aromatic heterocycles. The monoisotopic (exact) mass is 437 g/mol. The number of benzene rings is 1. The number of thiophene rings is 1. The summed E-state index contributed by atoms with van der Waals surface area (Å²) < 4.78 is 1.43. The maximum Gasteiger partial charge on any atom is 0.262 e. The average Bonchev–Trinajstić information content (AvgIpc) is 3.08. The van der Waals surface area contributed by atoms with E-state index >= 15 is 0 Å². The van der Waals surface area contributed by atoms with Gasteiger partial charge in [-0.15, -0.1) is 11.3 Å². The summed E-state index contributed by atoms with van der Waals surface area (Å²) in [6.07, 6.45) is 4.51. The van der Waals surface area contributed by atoms with Crippen LogP contribution in [0.25, 0.3) is 10.2 Å². The van der Waals surface area contributed by atoms with E-state index in [4.69, 9.17) is 0 Å². The van der Waals surface area contributed by atoms with Gasteiger partial charge in [-0.2, -0.15) is 0 Å². The van der Waals surface area contributed by atoms with E-state index in [0.717, 1.165) is 35.3 Å². The second kappa shape index (κ2) is 8.23. The lowest BCUT2D eigenvalue weighted by molar-refractivity contribution is -0.116. The normalized spacial score (nSPS) is 16.5. The lowest BCUT2D eigenvalue weighted by Crippen LogP contribution is -2.29. The van der Waals surface area contributed by atoms with Gasteiger partial charge in [0.05, 0.1) is 11.7 Å². The van der Waals surface area contributed by atoms with Gasteiger partial charge in [-0.3, -0.25) is 14.2 Å². The van der Waals surface area contributed by atoms with E-state index in [-0.39, 0.29) is 23.4 Å². The molecule has 1 aliphatic rings. The van der Waals surface area contributed by atoms with Gasteiger partial charge in [0, 0.05) is 10.6 Å². The number of carbonyl (C=O) groups is 1.